The summed E-state index contributed by atoms with van der Waals surface area (Å²) in [6.07, 6.45) is 1.03. The molecular weight excluding hydrogens is 337 g/mol. The number of hydrogen-bond donors (Lipinski definition) is 3. The number of carbonyl (C=O) groups excluding carboxylic acids is 3. The van der Waals surface area contributed by atoms with Crippen LogP contribution in [0.1, 0.15) is 17.9 Å². The molecule has 0 aromatic heterocycles. The Morgan fingerprint density at radius 3 is 2.73 bits per heavy atom. The maximum Gasteiger partial charge on any atom is 0.247 e. The summed E-state index contributed by atoms with van der Waals surface area (Å²) >= 11 is 0. The number of benzene rings is 2. The number of rotatable bonds is 4. The van der Waals surface area contributed by atoms with Crippen LogP contribution in [0.2, 0.25) is 0 Å². The standard InChI is InChI=1S/C19H16FN3O3/c1-2-17(24)23-16-9-11(7-8-14(16)20)21-19(26)13-10-18(25)22-15-6-4-3-5-12(13)15/h2-9,13H,1,10H2,(H,21,26)(H,22,25)(H,23,24). The van der Waals surface area contributed by atoms with E-state index >= 15 is 0 Å². The molecule has 1 aliphatic heterocycles. The van der Waals surface area contributed by atoms with Gasteiger partial charge in [0.1, 0.15) is 5.82 Å². The molecule has 0 aliphatic carbocycles. The van der Waals surface area contributed by atoms with Gasteiger partial charge in [0.15, 0.2) is 0 Å². The zero-order valence-corrected chi connectivity index (χ0v) is 13.7. The first-order valence-electron chi connectivity index (χ1n) is 7.90. The molecule has 7 heteroatoms. The second-order valence-corrected chi connectivity index (χ2v) is 5.77. The fourth-order valence-corrected chi connectivity index (χ4v) is 2.76. The van der Waals surface area contributed by atoms with Crippen molar-refractivity contribution in [2.45, 2.75) is 12.3 Å². The maximum atomic E-state index is 13.8. The van der Waals surface area contributed by atoms with Gasteiger partial charge in [-0.3, -0.25) is 14.4 Å². The normalized spacial score (nSPS) is 15.4. The topological polar surface area (TPSA) is 87.3 Å². The van der Waals surface area contributed by atoms with Gasteiger partial charge in [0.05, 0.1) is 11.6 Å². The van der Waals surface area contributed by atoms with Gasteiger partial charge in [0.2, 0.25) is 17.7 Å². The minimum absolute atomic E-state index is 0.0180. The molecule has 1 aliphatic rings. The second kappa shape index (κ2) is 7.18. The molecule has 1 atom stereocenters. The maximum absolute atomic E-state index is 13.8. The van der Waals surface area contributed by atoms with Crippen molar-refractivity contribution in [3.8, 4) is 0 Å². The van der Waals surface area contributed by atoms with Crippen LogP contribution in [-0.4, -0.2) is 17.7 Å². The van der Waals surface area contributed by atoms with Gasteiger partial charge in [-0.2, -0.15) is 0 Å². The van der Waals surface area contributed by atoms with E-state index in [0.717, 1.165) is 12.1 Å². The van der Waals surface area contributed by atoms with Gasteiger partial charge in [-0.15, -0.1) is 0 Å². The van der Waals surface area contributed by atoms with Crippen LogP contribution in [0.25, 0.3) is 0 Å². The van der Waals surface area contributed by atoms with Crippen LogP contribution >= 0.6 is 0 Å². The van der Waals surface area contributed by atoms with Crippen LogP contribution in [0.3, 0.4) is 0 Å². The van der Waals surface area contributed by atoms with E-state index in [0.29, 0.717) is 16.9 Å². The van der Waals surface area contributed by atoms with Crippen molar-refractivity contribution in [3.05, 3.63) is 66.5 Å². The number of anilines is 3. The van der Waals surface area contributed by atoms with Crippen LogP contribution < -0.4 is 16.0 Å². The van der Waals surface area contributed by atoms with Gasteiger partial charge in [0.25, 0.3) is 0 Å². The van der Waals surface area contributed by atoms with E-state index < -0.39 is 17.6 Å². The van der Waals surface area contributed by atoms with E-state index in [-0.39, 0.29) is 23.9 Å². The average molecular weight is 353 g/mol. The summed E-state index contributed by atoms with van der Waals surface area (Å²) in [5, 5.41) is 7.73. The molecule has 6 nitrogen and oxygen atoms in total. The number of fused-ring (bicyclic) bond motifs is 1. The minimum atomic E-state index is -0.656. The molecular formula is C19H16FN3O3. The molecule has 0 bridgehead atoms. The third-order valence-electron chi connectivity index (χ3n) is 3.99. The molecule has 3 rings (SSSR count). The van der Waals surface area contributed by atoms with Crippen molar-refractivity contribution in [2.24, 2.45) is 0 Å². The smallest absolute Gasteiger partial charge is 0.247 e. The van der Waals surface area contributed by atoms with E-state index in [1.165, 1.54) is 12.1 Å². The summed E-state index contributed by atoms with van der Waals surface area (Å²) in [7, 11) is 0. The van der Waals surface area contributed by atoms with E-state index in [1.807, 2.05) is 0 Å². The Labute approximate surface area is 149 Å². The van der Waals surface area contributed by atoms with Crippen LogP contribution in [0, 0.1) is 5.82 Å². The van der Waals surface area contributed by atoms with Crippen molar-refractivity contribution in [1.29, 1.82) is 0 Å². The summed E-state index contributed by atoms with van der Waals surface area (Å²) in [4.78, 5) is 35.9. The first-order valence-corrected chi connectivity index (χ1v) is 7.90. The summed E-state index contributed by atoms with van der Waals surface area (Å²) in [5.74, 6) is -2.50. The number of halogens is 1. The molecule has 0 spiro atoms. The van der Waals surface area contributed by atoms with E-state index in [1.54, 1.807) is 24.3 Å². The van der Waals surface area contributed by atoms with Crippen molar-refractivity contribution in [1.82, 2.24) is 0 Å². The molecule has 0 radical (unpaired) electrons. The fraction of sp³-hybridized carbons (Fsp3) is 0.105. The van der Waals surface area contributed by atoms with E-state index in [2.05, 4.69) is 22.5 Å². The molecule has 0 saturated carbocycles. The Bertz CT molecular complexity index is 911. The Morgan fingerprint density at radius 1 is 1.19 bits per heavy atom. The monoisotopic (exact) mass is 353 g/mol. The fourth-order valence-electron chi connectivity index (χ4n) is 2.76. The van der Waals surface area contributed by atoms with Gasteiger partial charge >= 0.3 is 0 Å². The zero-order chi connectivity index (χ0) is 18.7. The molecule has 2 aromatic rings. The molecule has 26 heavy (non-hydrogen) atoms. The molecule has 1 unspecified atom stereocenters. The molecule has 2 aromatic carbocycles. The highest BCUT2D eigenvalue weighted by Crippen LogP contribution is 2.33. The van der Waals surface area contributed by atoms with Gasteiger partial charge < -0.3 is 16.0 Å². The lowest BCUT2D eigenvalue weighted by atomic mass is 9.90. The molecule has 0 fully saturated rings. The van der Waals surface area contributed by atoms with Crippen LogP contribution in [0.5, 0.6) is 0 Å². The SMILES string of the molecule is C=CC(=O)Nc1cc(NC(=O)C2CC(=O)Nc3ccccc32)ccc1F. The first-order chi connectivity index (χ1) is 12.5. The number of amides is 3. The largest absolute Gasteiger partial charge is 0.326 e. The summed E-state index contributed by atoms with van der Waals surface area (Å²) in [6.45, 7) is 3.30. The molecule has 1 heterocycles. The van der Waals surface area contributed by atoms with Crippen molar-refractivity contribution >= 4 is 34.8 Å². The van der Waals surface area contributed by atoms with Crippen LogP contribution in [0.15, 0.2) is 55.1 Å². The Kier molecular flexibility index (Phi) is 4.79. The lowest BCUT2D eigenvalue weighted by molar-refractivity contribution is -0.123. The number of para-hydroxylation sites is 1. The Morgan fingerprint density at radius 2 is 1.96 bits per heavy atom. The molecule has 0 saturated heterocycles. The van der Waals surface area contributed by atoms with Gasteiger partial charge in [-0.25, -0.2) is 4.39 Å². The van der Waals surface area contributed by atoms with Crippen molar-refractivity contribution < 1.29 is 18.8 Å². The lowest BCUT2D eigenvalue weighted by Crippen LogP contribution is -2.30. The van der Waals surface area contributed by atoms with Gasteiger partial charge in [-0.05, 0) is 35.9 Å². The Hall–Kier alpha value is -3.48. The highest BCUT2D eigenvalue weighted by Gasteiger charge is 2.30. The first kappa shape index (κ1) is 17.3. The summed E-state index contributed by atoms with van der Waals surface area (Å²) < 4.78 is 13.8. The minimum Gasteiger partial charge on any atom is -0.326 e. The molecule has 132 valence electrons. The Balaban J connectivity index is 1.82. The van der Waals surface area contributed by atoms with Gasteiger partial charge in [0, 0.05) is 17.8 Å². The predicted octanol–water partition coefficient (Wildman–Crippen LogP) is 3.01. The van der Waals surface area contributed by atoms with Crippen LogP contribution in [-0.2, 0) is 14.4 Å². The van der Waals surface area contributed by atoms with E-state index in [4.69, 9.17) is 0 Å². The highest BCUT2D eigenvalue weighted by molar-refractivity contribution is 6.05. The van der Waals surface area contributed by atoms with Crippen LogP contribution in [0.4, 0.5) is 21.5 Å². The third kappa shape index (κ3) is 3.61. The van der Waals surface area contributed by atoms with Crippen molar-refractivity contribution in [3.63, 3.8) is 0 Å². The summed E-state index contributed by atoms with van der Waals surface area (Å²) in [5.41, 5.74) is 1.54. The number of carbonyl (C=O) groups is 3. The number of nitrogens with one attached hydrogen (secondary N) is 3. The lowest BCUT2D eigenvalue weighted by Gasteiger charge is -2.24. The summed E-state index contributed by atoms with van der Waals surface area (Å²) in [6, 6.07) is 10.9. The van der Waals surface area contributed by atoms with Crippen molar-refractivity contribution in [2.75, 3.05) is 16.0 Å². The van der Waals surface area contributed by atoms with Gasteiger partial charge in [-0.1, -0.05) is 24.8 Å². The average Bonchev–Trinajstić information content (AvgIpc) is 2.63. The second-order valence-electron chi connectivity index (χ2n) is 5.77. The highest BCUT2D eigenvalue weighted by atomic mass is 19.1. The van der Waals surface area contributed by atoms with E-state index in [9.17, 15) is 18.8 Å². The quantitative estimate of drug-likeness (QED) is 0.739. The molecule has 3 N–H and O–H groups in total. The number of hydrogen-bond acceptors (Lipinski definition) is 3. The zero-order valence-electron chi connectivity index (χ0n) is 13.7. The third-order valence-corrected chi connectivity index (χ3v) is 3.99. The predicted molar refractivity (Wildman–Crippen MR) is 96.3 cm³/mol. The molecule has 3 amide bonds.